The minimum Gasteiger partial charge on any atom is -0.507 e. The number of hydrogen-bond donors (Lipinski definition) is 1. The van der Waals surface area contributed by atoms with Crippen LogP contribution < -0.4 is 4.74 Å². The maximum atomic E-state index is 13.1. The van der Waals surface area contributed by atoms with E-state index in [1.165, 1.54) is 11.3 Å². The number of thiophene rings is 1. The summed E-state index contributed by atoms with van der Waals surface area (Å²) >= 11 is 1.48. The minimum atomic E-state index is -0.637. The zero-order valence-corrected chi connectivity index (χ0v) is 19.2. The summed E-state index contributed by atoms with van der Waals surface area (Å²) in [6, 6.07) is 8.48. The van der Waals surface area contributed by atoms with Crippen LogP contribution in [0.5, 0.6) is 5.75 Å². The monoisotopic (exact) mass is 456 g/mol. The van der Waals surface area contributed by atoms with E-state index in [-0.39, 0.29) is 11.3 Å². The number of Topliss-reactive ketones (excluding diaryl/α,β-unsaturated/α-hetero) is 1. The van der Waals surface area contributed by atoms with E-state index < -0.39 is 17.7 Å². The fourth-order valence-corrected chi connectivity index (χ4v) is 5.16. The van der Waals surface area contributed by atoms with E-state index in [4.69, 9.17) is 9.47 Å². The van der Waals surface area contributed by atoms with Gasteiger partial charge in [-0.2, -0.15) is 0 Å². The molecule has 0 saturated carbocycles. The zero-order chi connectivity index (χ0) is 22.7. The Morgan fingerprint density at radius 1 is 1.22 bits per heavy atom. The molecule has 0 unspecified atom stereocenters. The molecule has 0 bridgehead atoms. The third-order valence-corrected chi connectivity index (χ3v) is 6.94. The Kier molecular flexibility index (Phi) is 6.93. The number of carbonyl (C=O) groups is 2. The maximum absolute atomic E-state index is 13.1. The van der Waals surface area contributed by atoms with Crippen molar-refractivity contribution in [2.45, 2.75) is 19.4 Å². The second kappa shape index (κ2) is 9.85. The lowest BCUT2D eigenvalue weighted by molar-refractivity contribution is -0.140. The van der Waals surface area contributed by atoms with Crippen LogP contribution in [0.2, 0.25) is 0 Å². The first kappa shape index (κ1) is 22.5. The Balaban J connectivity index is 1.64. The van der Waals surface area contributed by atoms with Crippen molar-refractivity contribution < 1.29 is 24.2 Å². The van der Waals surface area contributed by atoms with Crippen molar-refractivity contribution >= 4 is 28.8 Å². The molecule has 0 aliphatic carbocycles. The number of hydrogen-bond acceptors (Lipinski definition) is 7. The Hall–Kier alpha value is -2.68. The predicted molar refractivity (Wildman–Crippen MR) is 123 cm³/mol. The van der Waals surface area contributed by atoms with Gasteiger partial charge in [-0.05, 0) is 48.6 Å². The van der Waals surface area contributed by atoms with E-state index >= 15 is 0 Å². The smallest absolute Gasteiger partial charge is 0.295 e. The first-order valence-corrected chi connectivity index (χ1v) is 11.7. The predicted octanol–water partition coefficient (Wildman–Crippen LogP) is 3.21. The molecule has 2 saturated heterocycles. The number of rotatable bonds is 7. The molecule has 170 valence electrons. The molecule has 0 radical (unpaired) electrons. The number of benzene rings is 1. The molecule has 1 aromatic carbocycles. The molecule has 1 aromatic heterocycles. The molecule has 8 heteroatoms. The van der Waals surface area contributed by atoms with Gasteiger partial charge >= 0.3 is 0 Å². The van der Waals surface area contributed by atoms with E-state index in [2.05, 4.69) is 4.90 Å². The Bertz CT molecular complexity index is 1010. The summed E-state index contributed by atoms with van der Waals surface area (Å²) in [5.41, 5.74) is 1.45. The largest absolute Gasteiger partial charge is 0.507 e. The summed E-state index contributed by atoms with van der Waals surface area (Å²) in [5, 5.41) is 13.1. The number of likely N-dealkylation sites (tertiary alicyclic amines) is 1. The standard InChI is InChI=1S/C24H28N2O5S/c1-16-15-17(30-2)6-7-18(16)22(27)20-21(19-5-3-14-32-19)26(24(29)23(20)28)9-4-8-25-10-12-31-13-11-25/h3,5-7,14-15,21,27H,4,8-13H2,1-2H3/t21-/m1/s1. The number of methoxy groups -OCH3 is 1. The van der Waals surface area contributed by atoms with Gasteiger partial charge < -0.3 is 19.5 Å². The quantitative estimate of drug-likeness (QED) is 0.392. The second-order valence-electron chi connectivity index (χ2n) is 8.00. The van der Waals surface area contributed by atoms with Gasteiger partial charge in [-0.1, -0.05) is 6.07 Å². The van der Waals surface area contributed by atoms with Crippen molar-refractivity contribution in [3.05, 3.63) is 57.3 Å². The first-order chi connectivity index (χ1) is 15.5. The van der Waals surface area contributed by atoms with Crippen LogP contribution in [-0.2, 0) is 14.3 Å². The molecule has 2 aliphatic heterocycles. The molecule has 1 atom stereocenters. The maximum Gasteiger partial charge on any atom is 0.295 e. The Morgan fingerprint density at radius 2 is 2.00 bits per heavy atom. The lowest BCUT2D eigenvalue weighted by atomic mass is 9.97. The van der Waals surface area contributed by atoms with Gasteiger partial charge in [-0.25, -0.2) is 0 Å². The molecule has 7 nitrogen and oxygen atoms in total. The van der Waals surface area contributed by atoms with Crippen LogP contribution in [0.15, 0.2) is 41.3 Å². The number of morpholine rings is 1. The second-order valence-corrected chi connectivity index (χ2v) is 8.98. The van der Waals surface area contributed by atoms with Crippen molar-refractivity contribution in [2.24, 2.45) is 0 Å². The van der Waals surface area contributed by atoms with Gasteiger partial charge in [0.2, 0.25) is 0 Å². The van der Waals surface area contributed by atoms with Crippen molar-refractivity contribution in [3.8, 4) is 5.75 Å². The fraction of sp³-hybridized carbons (Fsp3) is 0.417. The van der Waals surface area contributed by atoms with Crippen LogP contribution in [0.1, 0.15) is 28.5 Å². The fourth-order valence-electron chi connectivity index (χ4n) is 4.32. The van der Waals surface area contributed by atoms with Crippen molar-refractivity contribution in [1.82, 2.24) is 9.80 Å². The van der Waals surface area contributed by atoms with Crippen molar-refractivity contribution in [1.29, 1.82) is 0 Å². The van der Waals surface area contributed by atoms with E-state index in [9.17, 15) is 14.7 Å². The number of ether oxygens (including phenoxy) is 2. The summed E-state index contributed by atoms with van der Waals surface area (Å²) in [7, 11) is 1.58. The van der Waals surface area contributed by atoms with Crippen LogP contribution >= 0.6 is 11.3 Å². The molecule has 4 rings (SSSR count). The molecular formula is C24H28N2O5S. The lowest BCUT2D eigenvalue weighted by Crippen LogP contribution is -2.38. The van der Waals surface area contributed by atoms with Crippen LogP contribution in [-0.4, -0.2) is 73.1 Å². The Labute approximate surface area is 191 Å². The van der Waals surface area contributed by atoms with Crippen molar-refractivity contribution in [2.75, 3.05) is 46.5 Å². The number of carbonyl (C=O) groups excluding carboxylic acids is 2. The van der Waals surface area contributed by atoms with Gasteiger partial charge in [-0.15, -0.1) is 11.3 Å². The van der Waals surface area contributed by atoms with E-state index in [0.29, 0.717) is 17.9 Å². The topological polar surface area (TPSA) is 79.3 Å². The summed E-state index contributed by atoms with van der Waals surface area (Å²) < 4.78 is 10.6. The summed E-state index contributed by atoms with van der Waals surface area (Å²) in [6.07, 6.45) is 0.747. The highest BCUT2D eigenvalue weighted by molar-refractivity contribution is 7.10. The van der Waals surface area contributed by atoms with Gasteiger partial charge in [0.05, 0.1) is 31.9 Å². The number of aryl methyl sites for hydroxylation is 1. The highest BCUT2D eigenvalue weighted by Crippen LogP contribution is 2.41. The molecule has 2 aromatic rings. The molecule has 32 heavy (non-hydrogen) atoms. The van der Waals surface area contributed by atoms with E-state index in [1.54, 1.807) is 30.2 Å². The van der Waals surface area contributed by atoms with Gasteiger partial charge in [0.15, 0.2) is 0 Å². The molecule has 1 amide bonds. The SMILES string of the molecule is COc1ccc(C(O)=C2C(=O)C(=O)N(CCCN3CCOCC3)[C@@H]2c2cccs2)c(C)c1. The number of aliphatic hydroxyl groups excluding tert-OH is 1. The van der Waals surface area contributed by atoms with Crippen LogP contribution in [0.4, 0.5) is 0 Å². The average molecular weight is 457 g/mol. The number of amides is 1. The molecule has 1 N–H and O–H groups in total. The van der Waals surface area contributed by atoms with Gasteiger partial charge in [0, 0.05) is 36.6 Å². The van der Waals surface area contributed by atoms with E-state index in [1.807, 2.05) is 24.4 Å². The Morgan fingerprint density at radius 3 is 2.66 bits per heavy atom. The summed E-state index contributed by atoms with van der Waals surface area (Å²) in [5.74, 6) is -0.671. The summed E-state index contributed by atoms with van der Waals surface area (Å²) in [6.45, 7) is 6.33. The normalized spacial score (nSPS) is 21.3. The lowest BCUT2D eigenvalue weighted by Gasteiger charge is -2.28. The molecule has 3 heterocycles. The molecule has 0 spiro atoms. The number of ketones is 1. The van der Waals surface area contributed by atoms with Crippen LogP contribution in [0.3, 0.4) is 0 Å². The highest BCUT2D eigenvalue weighted by atomic mass is 32.1. The first-order valence-electron chi connectivity index (χ1n) is 10.8. The number of aliphatic hydroxyl groups is 1. The average Bonchev–Trinajstić information content (AvgIpc) is 3.42. The summed E-state index contributed by atoms with van der Waals surface area (Å²) in [4.78, 5) is 30.9. The van der Waals surface area contributed by atoms with Crippen LogP contribution in [0, 0.1) is 6.92 Å². The van der Waals surface area contributed by atoms with Gasteiger partial charge in [0.25, 0.3) is 11.7 Å². The zero-order valence-electron chi connectivity index (χ0n) is 18.4. The highest BCUT2D eigenvalue weighted by Gasteiger charge is 2.46. The molecule has 2 aliphatic rings. The number of nitrogens with zero attached hydrogens (tertiary/aromatic N) is 2. The van der Waals surface area contributed by atoms with Crippen molar-refractivity contribution in [3.63, 3.8) is 0 Å². The van der Waals surface area contributed by atoms with Gasteiger partial charge in [0.1, 0.15) is 11.5 Å². The minimum absolute atomic E-state index is 0.141. The molecule has 2 fully saturated rings. The van der Waals surface area contributed by atoms with E-state index in [0.717, 1.165) is 49.7 Å². The van der Waals surface area contributed by atoms with Crippen LogP contribution in [0.25, 0.3) is 5.76 Å². The third-order valence-electron chi connectivity index (χ3n) is 6.02. The third kappa shape index (κ3) is 4.44. The molecular weight excluding hydrogens is 428 g/mol. The van der Waals surface area contributed by atoms with Gasteiger partial charge in [-0.3, -0.25) is 14.5 Å².